The molecule has 7 rings (SSSR count). The number of unbranched alkanes of at least 4 members (excludes halogenated alkanes) is 1. The van der Waals surface area contributed by atoms with Gasteiger partial charge in [-0.3, -0.25) is 24.3 Å². The van der Waals surface area contributed by atoms with Crippen molar-refractivity contribution in [2.24, 2.45) is 17.8 Å². The Bertz CT molecular complexity index is 1310. The first-order valence-electron chi connectivity index (χ1n) is 13.5. The molecule has 0 radical (unpaired) electrons. The summed E-state index contributed by atoms with van der Waals surface area (Å²) in [5, 5.41) is 6.71. The fraction of sp³-hybridized carbons (Fsp3) is 0.586. The second-order valence-electron chi connectivity index (χ2n) is 11.5. The van der Waals surface area contributed by atoms with Crippen LogP contribution in [-0.2, 0) is 9.59 Å². The number of piperidine rings is 1. The Labute approximate surface area is 211 Å². The number of benzene rings is 1. The molecule has 1 aromatic carbocycles. The Hall–Kier alpha value is -2.98. The molecule has 4 saturated carbocycles. The molecular weight excluding hydrogens is 452 g/mol. The summed E-state index contributed by atoms with van der Waals surface area (Å²) in [7, 11) is 0. The predicted octanol–water partition coefficient (Wildman–Crippen LogP) is 3.37. The number of amides is 2. The first-order chi connectivity index (χ1) is 17.4. The van der Waals surface area contributed by atoms with Crippen molar-refractivity contribution in [2.75, 3.05) is 6.54 Å². The third kappa shape index (κ3) is 4.26. The molecule has 5 fully saturated rings. The van der Waals surface area contributed by atoms with Gasteiger partial charge in [-0.15, -0.1) is 0 Å². The summed E-state index contributed by atoms with van der Waals surface area (Å²) in [6.07, 6.45) is 10.7. The van der Waals surface area contributed by atoms with Gasteiger partial charge in [0.25, 0.3) is 5.56 Å². The van der Waals surface area contributed by atoms with E-state index in [2.05, 4.69) is 27.5 Å². The number of carbonyl (C=O) groups is 2. The molecule has 1 saturated heterocycles. The number of hydrogen-bond donors (Lipinski definition) is 2. The van der Waals surface area contributed by atoms with Gasteiger partial charge in [-0.1, -0.05) is 17.9 Å². The largest absolute Gasteiger partial charge is 0.311 e. The topological polar surface area (TPSA) is 93.1 Å². The number of fused-ring (bicyclic) bond motifs is 1. The molecule has 2 amide bonds. The number of rotatable bonds is 5. The van der Waals surface area contributed by atoms with Gasteiger partial charge in [0, 0.05) is 23.9 Å². The molecule has 5 aliphatic rings. The van der Waals surface area contributed by atoms with E-state index in [1.54, 1.807) is 13.0 Å². The highest BCUT2D eigenvalue weighted by atomic mass is 16.2. The maximum Gasteiger partial charge on any atom is 0.263 e. The molecule has 188 valence electrons. The van der Waals surface area contributed by atoms with Crippen molar-refractivity contribution < 1.29 is 9.59 Å². The van der Waals surface area contributed by atoms with Crippen LogP contribution in [0.25, 0.3) is 10.9 Å². The minimum atomic E-state index is -0.733. The molecule has 4 bridgehead atoms. The maximum atomic E-state index is 13.5. The van der Waals surface area contributed by atoms with E-state index in [1.165, 1.54) is 43.1 Å². The monoisotopic (exact) mass is 486 g/mol. The molecule has 2 N–H and O–H groups in total. The minimum Gasteiger partial charge on any atom is -0.311 e. The highest BCUT2D eigenvalue weighted by Crippen LogP contribution is 2.55. The van der Waals surface area contributed by atoms with Crippen molar-refractivity contribution in [3.05, 3.63) is 39.9 Å². The summed E-state index contributed by atoms with van der Waals surface area (Å²) in [4.78, 5) is 42.1. The first kappa shape index (κ1) is 23.4. The fourth-order valence-electron chi connectivity index (χ4n) is 7.77. The average molecular weight is 487 g/mol. The Morgan fingerprint density at radius 3 is 2.53 bits per heavy atom. The smallest absolute Gasteiger partial charge is 0.263 e. The number of nitrogens with zero attached hydrogens (tertiary/aromatic N) is 2. The second-order valence-corrected chi connectivity index (χ2v) is 11.5. The average Bonchev–Trinajstić information content (AvgIpc) is 2.81. The van der Waals surface area contributed by atoms with Crippen LogP contribution >= 0.6 is 0 Å². The van der Waals surface area contributed by atoms with E-state index in [0.29, 0.717) is 34.3 Å². The molecule has 7 nitrogen and oxygen atoms in total. The highest BCUT2D eigenvalue weighted by Gasteiger charge is 2.50. The van der Waals surface area contributed by atoms with Crippen LogP contribution in [0.5, 0.6) is 0 Å². The van der Waals surface area contributed by atoms with Crippen molar-refractivity contribution in [3.63, 3.8) is 0 Å². The van der Waals surface area contributed by atoms with E-state index in [1.807, 2.05) is 12.1 Å². The third-order valence-corrected chi connectivity index (χ3v) is 8.87. The lowest BCUT2D eigenvalue weighted by Crippen LogP contribution is -2.58. The van der Waals surface area contributed by atoms with E-state index in [9.17, 15) is 14.4 Å². The zero-order valence-electron chi connectivity index (χ0n) is 20.9. The molecule has 0 spiro atoms. The van der Waals surface area contributed by atoms with Crippen LogP contribution in [0.2, 0.25) is 0 Å². The predicted molar refractivity (Wildman–Crippen MR) is 137 cm³/mol. The zero-order chi connectivity index (χ0) is 24.9. The molecular formula is C29H34N4O3. The third-order valence-electron chi connectivity index (χ3n) is 8.87. The minimum absolute atomic E-state index is 0.207. The quantitative estimate of drug-likeness (QED) is 0.384. The molecule has 1 aromatic heterocycles. The summed E-state index contributed by atoms with van der Waals surface area (Å²) in [5.74, 6) is 9.00. The van der Waals surface area contributed by atoms with Gasteiger partial charge in [-0.2, -0.15) is 0 Å². The van der Waals surface area contributed by atoms with Crippen molar-refractivity contribution >= 4 is 22.7 Å². The lowest BCUT2D eigenvalue weighted by Gasteiger charge is -2.57. The van der Waals surface area contributed by atoms with E-state index in [4.69, 9.17) is 0 Å². The summed E-state index contributed by atoms with van der Waals surface area (Å²) in [5.41, 5.74) is 1.32. The van der Waals surface area contributed by atoms with Crippen LogP contribution in [0.3, 0.4) is 0 Å². The van der Waals surface area contributed by atoms with Gasteiger partial charge >= 0.3 is 0 Å². The molecule has 7 heteroatoms. The van der Waals surface area contributed by atoms with Crippen molar-refractivity contribution in [1.29, 1.82) is 0 Å². The lowest BCUT2D eigenvalue weighted by molar-refractivity contribution is -0.135. The van der Waals surface area contributed by atoms with Crippen LogP contribution in [0.1, 0.15) is 81.6 Å². The van der Waals surface area contributed by atoms with E-state index in [0.717, 1.165) is 37.1 Å². The Balaban J connectivity index is 1.16. The number of carbonyl (C=O) groups excluding carboxylic acids is 2. The van der Waals surface area contributed by atoms with E-state index in [-0.39, 0.29) is 17.9 Å². The standard InChI is InChI=1S/C29H34N4O3/c1-18-31-23-8-5-7-22(26(23)28(36)33(18)24-9-10-25(34)32-27(24)35)6-3-2-4-11-30-29-15-19-12-20(16-29)14-21(13-19)17-29/h5,7-8,19-21,24,30H,2,4,9-17H2,1H3,(H,32,34,35). The van der Waals surface area contributed by atoms with Crippen molar-refractivity contribution in [3.8, 4) is 11.8 Å². The highest BCUT2D eigenvalue weighted by molar-refractivity contribution is 5.99. The van der Waals surface area contributed by atoms with Crippen molar-refractivity contribution in [1.82, 2.24) is 20.2 Å². The van der Waals surface area contributed by atoms with Crippen LogP contribution in [0.15, 0.2) is 23.0 Å². The number of aromatic nitrogens is 2. The number of aryl methyl sites for hydroxylation is 1. The van der Waals surface area contributed by atoms with Gasteiger partial charge in [-0.05, 0) is 94.7 Å². The second kappa shape index (κ2) is 9.15. The molecule has 1 atom stereocenters. The molecule has 36 heavy (non-hydrogen) atoms. The molecule has 1 aliphatic heterocycles. The van der Waals surface area contributed by atoms with Crippen LogP contribution in [0.4, 0.5) is 0 Å². The number of hydrogen-bond acceptors (Lipinski definition) is 5. The van der Waals surface area contributed by atoms with Crippen molar-refractivity contribution in [2.45, 2.75) is 82.7 Å². The van der Waals surface area contributed by atoms with Crippen LogP contribution in [-0.4, -0.2) is 33.4 Å². The van der Waals surface area contributed by atoms with E-state index >= 15 is 0 Å². The summed E-state index contributed by atoms with van der Waals surface area (Å²) < 4.78 is 1.42. The Morgan fingerprint density at radius 1 is 1.11 bits per heavy atom. The van der Waals surface area contributed by atoms with E-state index < -0.39 is 11.9 Å². The molecule has 1 unspecified atom stereocenters. The zero-order valence-corrected chi connectivity index (χ0v) is 20.9. The molecule has 4 aliphatic carbocycles. The van der Waals surface area contributed by atoms with Gasteiger partial charge in [0.15, 0.2) is 0 Å². The summed E-state index contributed by atoms with van der Waals surface area (Å²) >= 11 is 0. The van der Waals surface area contributed by atoms with Crippen LogP contribution in [0, 0.1) is 36.5 Å². The molecule has 2 heterocycles. The number of nitrogens with one attached hydrogen (secondary N) is 2. The SMILES string of the molecule is Cc1nc2cccc(C#CCCCNC34CC5CC(CC(C5)C3)C4)c2c(=O)n1C1CCC(=O)NC1=O. The summed E-state index contributed by atoms with van der Waals surface area (Å²) in [6.45, 7) is 2.71. The Kier molecular flexibility index (Phi) is 5.95. The van der Waals surface area contributed by atoms with Gasteiger partial charge in [0.2, 0.25) is 11.8 Å². The Morgan fingerprint density at radius 2 is 1.83 bits per heavy atom. The van der Waals surface area contributed by atoms with Gasteiger partial charge in [0.05, 0.1) is 10.9 Å². The number of imide groups is 1. The maximum absolute atomic E-state index is 13.5. The van der Waals surface area contributed by atoms with Gasteiger partial charge in [-0.25, -0.2) is 4.98 Å². The lowest BCUT2D eigenvalue weighted by atomic mass is 9.53. The normalized spacial score (nSPS) is 30.8. The first-order valence-corrected chi connectivity index (χ1v) is 13.5. The molecule has 2 aromatic rings. The van der Waals surface area contributed by atoms with Crippen LogP contribution < -0.4 is 16.2 Å². The summed E-state index contributed by atoms with van der Waals surface area (Å²) in [6, 6.07) is 4.78. The van der Waals surface area contributed by atoms with Gasteiger partial charge in [0.1, 0.15) is 11.9 Å². The van der Waals surface area contributed by atoms with Gasteiger partial charge < -0.3 is 5.32 Å². The fourth-order valence-corrected chi connectivity index (χ4v) is 7.77.